The fourth-order valence-corrected chi connectivity index (χ4v) is 2.83. The van der Waals surface area contributed by atoms with E-state index in [9.17, 15) is 10.1 Å². The van der Waals surface area contributed by atoms with Crippen LogP contribution in [0.2, 0.25) is 0 Å². The van der Waals surface area contributed by atoms with Gasteiger partial charge in [-0.25, -0.2) is 0 Å². The fourth-order valence-electron chi connectivity index (χ4n) is 2.32. The van der Waals surface area contributed by atoms with Crippen molar-refractivity contribution in [3.8, 4) is 6.07 Å². The second-order valence-electron chi connectivity index (χ2n) is 4.98. The summed E-state index contributed by atoms with van der Waals surface area (Å²) in [6, 6.07) is 17.6. The Morgan fingerprint density at radius 1 is 1.19 bits per heavy atom. The van der Waals surface area contributed by atoms with Crippen molar-refractivity contribution in [2.24, 2.45) is 0 Å². The van der Waals surface area contributed by atoms with E-state index in [2.05, 4.69) is 22.0 Å². The van der Waals surface area contributed by atoms with Crippen LogP contribution in [0.5, 0.6) is 0 Å². The van der Waals surface area contributed by atoms with Crippen LogP contribution in [0.15, 0.2) is 53.0 Å². The minimum Gasteiger partial charge on any atom is -0.298 e. The Hall–Kier alpha value is -1.92. The van der Waals surface area contributed by atoms with Gasteiger partial charge in [-0.3, -0.25) is 4.79 Å². The number of carbonyl (C=O) groups excluding carboxylic acids is 1. The molecular weight excluding hydrogens is 326 g/mol. The fraction of sp³-hybridized carbons (Fsp3) is 0.222. The van der Waals surface area contributed by atoms with E-state index in [1.54, 1.807) is 0 Å². The molecule has 2 rings (SSSR count). The van der Waals surface area contributed by atoms with Crippen LogP contribution in [0.3, 0.4) is 0 Å². The average molecular weight is 342 g/mol. The van der Waals surface area contributed by atoms with Gasteiger partial charge < -0.3 is 0 Å². The van der Waals surface area contributed by atoms with Crippen molar-refractivity contribution < 1.29 is 4.79 Å². The van der Waals surface area contributed by atoms with Crippen LogP contribution in [0.4, 0.5) is 0 Å². The van der Waals surface area contributed by atoms with Gasteiger partial charge in [0, 0.05) is 10.9 Å². The number of hydrogen-bond acceptors (Lipinski definition) is 2. The molecule has 1 unspecified atom stereocenters. The molecule has 0 aromatic heterocycles. The first kappa shape index (κ1) is 15.5. The van der Waals surface area contributed by atoms with Crippen LogP contribution >= 0.6 is 15.9 Å². The normalized spacial score (nSPS) is 11.7. The van der Waals surface area contributed by atoms with Crippen molar-refractivity contribution in [2.45, 2.75) is 25.7 Å². The summed E-state index contributed by atoms with van der Waals surface area (Å²) < 4.78 is 0.806. The first-order valence-corrected chi connectivity index (χ1v) is 7.64. The zero-order valence-electron chi connectivity index (χ0n) is 11.8. The highest BCUT2D eigenvalue weighted by atomic mass is 79.9. The number of nitrogens with zero attached hydrogens (tertiary/aromatic N) is 1. The number of hydrogen-bond donors (Lipinski definition) is 0. The van der Waals surface area contributed by atoms with Gasteiger partial charge >= 0.3 is 0 Å². The molecule has 0 N–H and O–H groups in total. The second-order valence-corrected chi connectivity index (χ2v) is 5.83. The number of nitriles is 1. The third kappa shape index (κ3) is 3.80. The van der Waals surface area contributed by atoms with Gasteiger partial charge in [0.15, 0.2) is 5.78 Å². The largest absolute Gasteiger partial charge is 0.298 e. The summed E-state index contributed by atoms with van der Waals surface area (Å²) in [7, 11) is 0. The summed E-state index contributed by atoms with van der Waals surface area (Å²) in [5, 5.41) is 9.33. The molecule has 0 spiro atoms. The highest BCUT2D eigenvalue weighted by molar-refractivity contribution is 9.10. The Morgan fingerprint density at radius 3 is 2.52 bits per heavy atom. The monoisotopic (exact) mass is 341 g/mol. The van der Waals surface area contributed by atoms with Gasteiger partial charge in [-0.05, 0) is 36.1 Å². The zero-order valence-corrected chi connectivity index (χ0v) is 13.4. The molecule has 0 heterocycles. The zero-order chi connectivity index (χ0) is 15.2. The maximum Gasteiger partial charge on any atom is 0.154 e. The molecule has 0 saturated carbocycles. The number of halogens is 1. The molecule has 0 fully saturated rings. The van der Waals surface area contributed by atoms with Gasteiger partial charge in [0.2, 0.25) is 0 Å². The standard InChI is InChI=1S/C18H16BrNO/c1-13-6-2-3-7-14(13)10-11-18(21)16(12-20)15-8-4-5-9-17(15)19/h2-9,16H,10-11H2,1H3. The number of benzene rings is 2. The molecule has 1 atom stereocenters. The number of carbonyl (C=O) groups is 1. The van der Waals surface area contributed by atoms with E-state index in [0.717, 1.165) is 15.6 Å². The van der Waals surface area contributed by atoms with Crippen LogP contribution in [0.25, 0.3) is 0 Å². The molecule has 2 aromatic carbocycles. The molecule has 21 heavy (non-hydrogen) atoms. The molecule has 2 nitrogen and oxygen atoms in total. The molecule has 106 valence electrons. The number of ketones is 1. The van der Waals surface area contributed by atoms with Gasteiger partial charge in [-0.1, -0.05) is 58.4 Å². The van der Waals surface area contributed by atoms with E-state index in [0.29, 0.717) is 12.8 Å². The van der Waals surface area contributed by atoms with Crippen molar-refractivity contribution in [1.29, 1.82) is 5.26 Å². The predicted octanol–water partition coefficient (Wildman–Crippen LogP) is 4.57. The van der Waals surface area contributed by atoms with Crippen LogP contribution in [-0.4, -0.2) is 5.78 Å². The third-order valence-corrected chi connectivity index (χ3v) is 4.29. The Labute approximate surface area is 133 Å². The molecule has 0 aliphatic heterocycles. The topological polar surface area (TPSA) is 40.9 Å². The predicted molar refractivity (Wildman–Crippen MR) is 87.0 cm³/mol. The number of Topliss-reactive ketones (excluding diaryl/α,β-unsaturated/α-hetero) is 1. The quantitative estimate of drug-likeness (QED) is 0.799. The highest BCUT2D eigenvalue weighted by Gasteiger charge is 2.21. The van der Waals surface area contributed by atoms with Gasteiger partial charge in [-0.2, -0.15) is 5.26 Å². The lowest BCUT2D eigenvalue weighted by Gasteiger charge is -2.11. The number of aryl methyl sites for hydroxylation is 2. The van der Waals surface area contributed by atoms with Gasteiger partial charge in [-0.15, -0.1) is 0 Å². The Balaban J connectivity index is 2.10. The lowest BCUT2D eigenvalue weighted by molar-refractivity contribution is -0.119. The van der Waals surface area contributed by atoms with Gasteiger partial charge in [0.05, 0.1) is 6.07 Å². The van der Waals surface area contributed by atoms with E-state index >= 15 is 0 Å². The molecule has 0 aliphatic rings. The van der Waals surface area contributed by atoms with E-state index in [-0.39, 0.29) is 5.78 Å². The number of rotatable bonds is 5. The van der Waals surface area contributed by atoms with Crippen molar-refractivity contribution in [3.05, 3.63) is 69.7 Å². The molecule has 0 aliphatic carbocycles. The summed E-state index contributed by atoms with van der Waals surface area (Å²) in [5.74, 6) is -0.739. The summed E-state index contributed by atoms with van der Waals surface area (Å²) in [6.07, 6.45) is 1.05. The summed E-state index contributed by atoms with van der Waals surface area (Å²) in [6.45, 7) is 2.04. The van der Waals surface area contributed by atoms with Crippen LogP contribution < -0.4 is 0 Å². The molecule has 0 saturated heterocycles. The van der Waals surface area contributed by atoms with Crippen molar-refractivity contribution >= 4 is 21.7 Å². The minimum atomic E-state index is -0.704. The third-order valence-electron chi connectivity index (χ3n) is 3.57. The highest BCUT2D eigenvalue weighted by Crippen LogP contribution is 2.26. The lowest BCUT2D eigenvalue weighted by atomic mass is 9.92. The smallest absolute Gasteiger partial charge is 0.154 e. The molecule has 0 radical (unpaired) electrons. The molecule has 2 aromatic rings. The summed E-state index contributed by atoms with van der Waals surface area (Å²) in [4.78, 5) is 12.4. The van der Waals surface area contributed by atoms with Crippen LogP contribution in [-0.2, 0) is 11.2 Å². The molecule has 0 bridgehead atoms. The summed E-state index contributed by atoms with van der Waals surface area (Å²) in [5.41, 5.74) is 3.09. The Bertz CT molecular complexity index is 688. The molecular formula is C18H16BrNO. The van der Waals surface area contributed by atoms with Gasteiger partial charge in [0.25, 0.3) is 0 Å². The van der Waals surface area contributed by atoms with Crippen LogP contribution in [0.1, 0.15) is 29.0 Å². The van der Waals surface area contributed by atoms with Crippen molar-refractivity contribution in [3.63, 3.8) is 0 Å². The molecule has 0 amide bonds. The Kier molecular flexibility index (Phi) is 5.30. The maximum atomic E-state index is 12.4. The minimum absolute atomic E-state index is 0.0346. The molecule has 3 heteroatoms. The summed E-state index contributed by atoms with van der Waals surface area (Å²) >= 11 is 3.41. The van der Waals surface area contributed by atoms with E-state index in [4.69, 9.17) is 0 Å². The first-order chi connectivity index (χ1) is 10.1. The SMILES string of the molecule is Cc1ccccc1CCC(=O)C(C#N)c1ccccc1Br. The van der Waals surface area contributed by atoms with Crippen LogP contribution in [0, 0.1) is 18.3 Å². The first-order valence-electron chi connectivity index (χ1n) is 6.84. The van der Waals surface area contributed by atoms with Gasteiger partial charge in [0.1, 0.15) is 5.92 Å². The average Bonchev–Trinajstić information content (AvgIpc) is 2.49. The van der Waals surface area contributed by atoms with E-state index < -0.39 is 5.92 Å². The van der Waals surface area contributed by atoms with Crippen molar-refractivity contribution in [1.82, 2.24) is 0 Å². The van der Waals surface area contributed by atoms with Crippen molar-refractivity contribution in [2.75, 3.05) is 0 Å². The Morgan fingerprint density at radius 2 is 1.86 bits per heavy atom. The van der Waals surface area contributed by atoms with E-state index in [1.807, 2.05) is 55.5 Å². The van der Waals surface area contributed by atoms with E-state index in [1.165, 1.54) is 5.56 Å². The maximum absolute atomic E-state index is 12.4. The lowest BCUT2D eigenvalue weighted by Crippen LogP contribution is -2.12. The second kappa shape index (κ2) is 7.19.